The van der Waals surface area contributed by atoms with Gasteiger partial charge < -0.3 is 10.6 Å². The van der Waals surface area contributed by atoms with E-state index < -0.39 is 15.8 Å². The van der Waals surface area contributed by atoms with Crippen LogP contribution in [0.3, 0.4) is 0 Å². The van der Waals surface area contributed by atoms with Crippen LogP contribution in [0.15, 0.2) is 47.4 Å². The van der Waals surface area contributed by atoms with Crippen LogP contribution in [0, 0.1) is 12.7 Å². The highest BCUT2D eigenvalue weighted by Crippen LogP contribution is 2.21. The van der Waals surface area contributed by atoms with Gasteiger partial charge in [0.1, 0.15) is 5.82 Å². The largest absolute Gasteiger partial charge is 0.337 e. The highest BCUT2D eigenvalue weighted by molar-refractivity contribution is 7.92. The second-order valence-corrected chi connectivity index (χ2v) is 8.04. The van der Waals surface area contributed by atoms with Gasteiger partial charge in [0.2, 0.25) is 0 Å². The smallest absolute Gasteiger partial charge is 0.262 e. The van der Waals surface area contributed by atoms with Crippen LogP contribution in [0.25, 0.3) is 0 Å². The van der Waals surface area contributed by atoms with Gasteiger partial charge >= 0.3 is 0 Å². The zero-order valence-electron chi connectivity index (χ0n) is 14.3. The Morgan fingerprint density at radius 3 is 2.50 bits per heavy atom. The zero-order chi connectivity index (χ0) is 18.9. The van der Waals surface area contributed by atoms with Crippen molar-refractivity contribution in [2.75, 3.05) is 17.8 Å². The second kappa shape index (κ2) is 7.05. The lowest BCUT2D eigenvalue weighted by Gasteiger charge is -2.16. The molecular weight excluding hydrogens is 357 g/mol. The molecule has 3 rings (SSSR count). The number of aryl methyl sites for hydroxylation is 1. The maximum absolute atomic E-state index is 13.2. The van der Waals surface area contributed by atoms with Crippen molar-refractivity contribution < 1.29 is 17.6 Å². The lowest BCUT2D eigenvalue weighted by atomic mass is 10.2. The number of hydrogen-bond donors (Lipinski definition) is 2. The number of nitrogens with zero attached hydrogens (tertiary/aromatic N) is 1. The van der Waals surface area contributed by atoms with E-state index in [2.05, 4.69) is 4.72 Å². The average Bonchev–Trinajstić information content (AvgIpc) is 3.00. The molecule has 0 radical (unpaired) electrons. The topological polar surface area (TPSA) is 92.5 Å². The number of nitrogens with one attached hydrogen (secondary N) is 1. The van der Waals surface area contributed by atoms with E-state index in [-0.39, 0.29) is 16.8 Å². The average molecular weight is 377 g/mol. The van der Waals surface area contributed by atoms with Crippen molar-refractivity contribution in [1.82, 2.24) is 4.90 Å². The number of amides is 1. The summed E-state index contributed by atoms with van der Waals surface area (Å²) in [6.07, 6.45) is 0.778. The Labute approximate surface area is 151 Å². The van der Waals surface area contributed by atoms with Gasteiger partial charge in [-0.15, -0.1) is 0 Å². The summed E-state index contributed by atoms with van der Waals surface area (Å²) in [5, 5.41) is 0. The minimum atomic E-state index is -3.85. The Kier molecular flexibility index (Phi) is 4.97. The summed E-state index contributed by atoms with van der Waals surface area (Å²) in [7, 11) is -3.85. The number of carbonyl (C=O) groups is 1. The van der Waals surface area contributed by atoms with Crippen molar-refractivity contribution in [3.05, 3.63) is 59.4 Å². The SMILES string of the molecule is Cc1cc(F)ccc1S(=O)(=O)Nc1ccc(C(=O)N2CC[C@@H](N)C2)cc1. The summed E-state index contributed by atoms with van der Waals surface area (Å²) in [5.41, 5.74) is 6.93. The fraction of sp³-hybridized carbons (Fsp3) is 0.278. The van der Waals surface area contributed by atoms with Crippen LogP contribution in [0.1, 0.15) is 22.3 Å². The van der Waals surface area contributed by atoms with Gasteiger partial charge in [-0.05, 0) is 61.4 Å². The van der Waals surface area contributed by atoms with E-state index in [0.29, 0.717) is 29.9 Å². The first-order chi connectivity index (χ1) is 12.3. The summed E-state index contributed by atoms with van der Waals surface area (Å²) < 4.78 is 40.6. The fourth-order valence-electron chi connectivity index (χ4n) is 2.96. The first-order valence-corrected chi connectivity index (χ1v) is 9.68. The number of anilines is 1. The predicted molar refractivity (Wildman–Crippen MR) is 96.9 cm³/mol. The third-order valence-electron chi connectivity index (χ3n) is 4.32. The number of sulfonamides is 1. The number of rotatable bonds is 4. The van der Waals surface area contributed by atoms with E-state index in [0.717, 1.165) is 18.6 Å². The Bertz CT molecular complexity index is 929. The van der Waals surface area contributed by atoms with Crippen molar-refractivity contribution in [3.63, 3.8) is 0 Å². The van der Waals surface area contributed by atoms with E-state index >= 15 is 0 Å². The molecule has 1 amide bonds. The molecular formula is C18H20FN3O3S. The number of likely N-dealkylation sites (tertiary alicyclic amines) is 1. The highest BCUT2D eigenvalue weighted by atomic mass is 32.2. The molecule has 2 aromatic rings. The first kappa shape index (κ1) is 18.3. The Morgan fingerprint density at radius 2 is 1.92 bits per heavy atom. The van der Waals surface area contributed by atoms with Gasteiger partial charge in [0.15, 0.2) is 0 Å². The van der Waals surface area contributed by atoms with E-state index in [9.17, 15) is 17.6 Å². The van der Waals surface area contributed by atoms with Gasteiger partial charge in [-0.2, -0.15) is 0 Å². The number of halogens is 1. The van der Waals surface area contributed by atoms with Crippen molar-refractivity contribution in [3.8, 4) is 0 Å². The molecule has 1 fully saturated rings. The normalized spacial score (nSPS) is 17.3. The summed E-state index contributed by atoms with van der Waals surface area (Å²) in [6, 6.07) is 9.69. The Morgan fingerprint density at radius 1 is 1.23 bits per heavy atom. The third-order valence-corrected chi connectivity index (χ3v) is 5.86. The third kappa shape index (κ3) is 3.86. The van der Waals surface area contributed by atoms with Crippen molar-refractivity contribution in [1.29, 1.82) is 0 Å². The summed E-state index contributed by atoms with van der Waals surface area (Å²) in [6.45, 7) is 2.68. The summed E-state index contributed by atoms with van der Waals surface area (Å²) >= 11 is 0. The molecule has 0 saturated carbocycles. The summed E-state index contributed by atoms with van der Waals surface area (Å²) in [5.74, 6) is -0.618. The van der Waals surface area contributed by atoms with Gasteiger partial charge in [-0.3, -0.25) is 9.52 Å². The van der Waals surface area contributed by atoms with Crippen LogP contribution in [0.4, 0.5) is 10.1 Å². The molecule has 6 nitrogen and oxygen atoms in total. The van der Waals surface area contributed by atoms with Gasteiger partial charge in [0, 0.05) is 30.4 Å². The van der Waals surface area contributed by atoms with Crippen LogP contribution < -0.4 is 10.5 Å². The van der Waals surface area contributed by atoms with E-state index in [1.165, 1.54) is 25.1 Å². The van der Waals surface area contributed by atoms with E-state index in [1.807, 2.05) is 0 Å². The lowest BCUT2D eigenvalue weighted by Crippen LogP contribution is -2.31. The summed E-state index contributed by atoms with van der Waals surface area (Å²) in [4.78, 5) is 14.1. The van der Waals surface area contributed by atoms with E-state index in [1.54, 1.807) is 17.0 Å². The molecule has 1 heterocycles. The van der Waals surface area contributed by atoms with Crippen LogP contribution in [-0.2, 0) is 10.0 Å². The Hall–Kier alpha value is -2.45. The monoisotopic (exact) mass is 377 g/mol. The number of hydrogen-bond acceptors (Lipinski definition) is 4. The molecule has 0 aromatic heterocycles. The number of benzene rings is 2. The number of nitrogens with two attached hydrogens (primary N) is 1. The molecule has 8 heteroatoms. The van der Waals surface area contributed by atoms with Gasteiger partial charge in [-0.25, -0.2) is 12.8 Å². The number of carbonyl (C=O) groups excluding carboxylic acids is 1. The van der Waals surface area contributed by atoms with Crippen LogP contribution in [-0.4, -0.2) is 38.4 Å². The maximum atomic E-state index is 13.2. The molecule has 138 valence electrons. The van der Waals surface area contributed by atoms with Crippen LogP contribution >= 0.6 is 0 Å². The molecule has 2 aromatic carbocycles. The van der Waals surface area contributed by atoms with Gasteiger partial charge in [-0.1, -0.05) is 0 Å². The quantitative estimate of drug-likeness (QED) is 0.854. The zero-order valence-corrected chi connectivity index (χ0v) is 15.1. The molecule has 1 saturated heterocycles. The minimum Gasteiger partial charge on any atom is -0.337 e. The van der Waals surface area contributed by atoms with Crippen molar-refractivity contribution >= 4 is 21.6 Å². The predicted octanol–water partition coefficient (Wildman–Crippen LogP) is 2.11. The molecule has 0 unspecified atom stereocenters. The van der Waals surface area contributed by atoms with E-state index in [4.69, 9.17) is 5.73 Å². The van der Waals surface area contributed by atoms with Crippen molar-refractivity contribution in [2.24, 2.45) is 5.73 Å². The molecule has 3 N–H and O–H groups in total. The Balaban J connectivity index is 1.75. The first-order valence-electron chi connectivity index (χ1n) is 8.20. The molecule has 0 spiro atoms. The van der Waals surface area contributed by atoms with Gasteiger partial charge in [0.25, 0.3) is 15.9 Å². The minimum absolute atomic E-state index is 0.00369. The molecule has 0 aliphatic carbocycles. The molecule has 26 heavy (non-hydrogen) atoms. The fourth-order valence-corrected chi connectivity index (χ4v) is 4.25. The molecule has 1 aliphatic rings. The maximum Gasteiger partial charge on any atom is 0.262 e. The highest BCUT2D eigenvalue weighted by Gasteiger charge is 2.24. The van der Waals surface area contributed by atoms with Crippen molar-refractivity contribution in [2.45, 2.75) is 24.3 Å². The standard InChI is InChI=1S/C18H20FN3O3S/c1-12-10-14(19)4-7-17(12)26(24,25)21-16-5-2-13(3-6-16)18(23)22-9-8-15(20)11-22/h2-7,10,15,21H,8-9,11,20H2,1H3/t15-/m1/s1. The molecule has 0 bridgehead atoms. The van der Waals surface area contributed by atoms with Crippen LogP contribution in [0.2, 0.25) is 0 Å². The van der Waals surface area contributed by atoms with Crippen LogP contribution in [0.5, 0.6) is 0 Å². The lowest BCUT2D eigenvalue weighted by molar-refractivity contribution is 0.0791. The second-order valence-electron chi connectivity index (χ2n) is 6.39. The van der Waals surface area contributed by atoms with Gasteiger partial charge in [0.05, 0.1) is 4.90 Å². The molecule has 1 atom stereocenters. The molecule has 1 aliphatic heterocycles.